The number of hydrogen-bond acceptors (Lipinski definition) is 4. The summed E-state index contributed by atoms with van der Waals surface area (Å²) in [6.45, 7) is 4.24. The van der Waals surface area contributed by atoms with E-state index in [9.17, 15) is 9.59 Å². The monoisotopic (exact) mass is 360 g/mol. The molecule has 0 saturated carbocycles. The van der Waals surface area contributed by atoms with Crippen molar-refractivity contribution in [1.82, 2.24) is 10.1 Å². The summed E-state index contributed by atoms with van der Waals surface area (Å²) < 4.78 is 0. The lowest BCUT2D eigenvalue weighted by molar-refractivity contribution is -0.152. The summed E-state index contributed by atoms with van der Waals surface area (Å²) in [7, 11) is 2.68. The second-order valence-electron chi connectivity index (χ2n) is 6.19. The first-order valence-electron chi connectivity index (χ1n) is 9.18. The van der Waals surface area contributed by atoms with Gasteiger partial charge in [0.2, 0.25) is 0 Å². The molecule has 0 radical (unpaired) electrons. The van der Waals surface area contributed by atoms with Gasteiger partial charge in [0, 0.05) is 0 Å². The van der Waals surface area contributed by atoms with E-state index in [0.29, 0.717) is 6.42 Å². The topological polar surface area (TPSA) is 59.1 Å². The lowest BCUT2D eigenvalue weighted by Crippen LogP contribution is -2.31. The van der Waals surface area contributed by atoms with Crippen LogP contribution in [0.1, 0.15) is 57.1 Å². The first-order valence-corrected chi connectivity index (χ1v) is 9.18. The number of unbranched alkanes of at least 4 members (excludes halogenated alkanes) is 3. The molecule has 142 valence electrons. The quantitative estimate of drug-likeness (QED) is 0.374. The Labute approximate surface area is 155 Å². The van der Waals surface area contributed by atoms with E-state index in [1.165, 1.54) is 14.2 Å². The molecule has 1 aromatic rings. The molecule has 1 aliphatic rings. The third kappa shape index (κ3) is 3.97. The minimum atomic E-state index is -0.630. The largest absolute Gasteiger partial charge is 0.380 e. The van der Waals surface area contributed by atoms with Crippen LogP contribution in [0.15, 0.2) is 30.0 Å². The lowest BCUT2D eigenvalue weighted by Gasteiger charge is -2.18. The number of amides is 3. The van der Waals surface area contributed by atoms with Crippen LogP contribution in [0.25, 0.3) is 5.57 Å². The number of hydrogen-bond donors (Lipinski definition) is 0. The minimum Gasteiger partial charge on any atom is -0.268 e. The third-order valence-corrected chi connectivity index (χ3v) is 4.59. The van der Waals surface area contributed by atoms with E-state index in [4.69, 9.17) is 9.68 Å². The van der Waals surface area contributed by atoms with Gasteiger partial charge in [0.1, 0.15) is 5.70 Å². The van der Waals surface area contributed by atoms with E-state index in [1.807, 2.05) is 18.2 Å². The average Bonchev–Trinajstić information content (AvgIpc) is 2.91. The van der Waals surface area contributed by atoms with Gasteiger partial charge in [0.15, 0.2) is 0 Å². The van der Waals surface area contributed by atoms with Crippen LogP contribution < -0.4 is 0 Å². The van der Waals surface area contributed by atoms with Crippen molar-refractivity contribution >= 4 is 17.5 Å². The molecule has 3 amide bonds. The fourth-order valence-electron chi connectivity index (χ4n) is 3.26. The molecule has 0 aromatic heterocycles. The van der Waals surface area contributed by atoms with Crippen LogP contribution in [0.5, 0.6) is 0 Å². The summed E-state index contributed by atoms with van der Waals surface area (Å²) in [6, 6.07) is 7.36. The van der Waals surface area contributed by atoms with Crippen LogP contribution >= 0.6 is 0 Å². The fraction of sp³-hybridized carbons (Fsp3) is 0.500. The van der Waals surface area contributed by atoms with E-state index in [-0.39, 0.29) is 5.70 Å². The molecule has 0 spiro atoms. The van der Waals surface area contributed by atoms with Gasteiger partial charge in [-0.2, -0.15) is 5.06 Å². The lowest BCUT2D eigenvalue weighted by atomic mass is 9.92. The summed E-state index contributed by atoms with van der Waals surface area (Å²) in [5, 5.41) is 1.77. The van der Waals surface area contributed by atoms with Crippen molar-refractivity contribution in [3.8, 4) is 0 Å². The highest BCUT2D eigenvalue weighted by Crippen LogP contribution is 2.34. The van der Waals surface area contributed by atoms with Crippen molar-refractivity contribution in [3.63, 3.8) is 0 Å². The molecule has 1 saturated heterocycles. The molecule has 2 rings (SSSR count). The Hall–Kier alpha value is -2.18. The molecule has 6 heteroatoms. The second kappa shape index (κ2) is 9.50. The molecule has 1 aliphatic heterocycles. The van der Waals surface area contributed by atoms with Gasteiger partial charge in [-0.05, 0) is 36.0 Å². The number of aryl methyl sites for hydroxylation is 1. The van der Waals surface area contributed by atoms with E-state index in [2.05, 4.69) is 19.9 Å². The first-order chi connectivity index (χ1) is 12.6. The number of urea groups is 1. The molecule has 0 bridgehead atoms. The SMILES string of the molecule is CCCCCCC(=C1C(=O)N(OC)C(=O)N1OC)c1ccccc1CC. The van der Waals surface area contributed by atoms with Crippen molar-refractivity contribution < 1.29 is 19.3 Å². The van der Waals surface area contributed by atoms with E-state index >= 15 is 0 Å². The second-order valence-corrected chi connectivity index (χ2v) is 6.19. The average molecular weight is 360 g/mol. The third-order valence-electron chi connectivity index (χ3n) is 4.59. The number of imide groups is 1. The van der Waals surface area contributed by atoms with Crippen molar-refractivity contribution in [2.45, 2.75) is 52.4 Å². The van der Waals surface area contributed by atoms with E-state index in [1.54, 1.807) is 0 Å². The Bertz CT molecular complexity index is 684. The highest BCUT2D eigenvalue weighted by molar-refractivity contribution is 6.14. The summed E-state index contributed by atoms with van der Waals surface area (Å²) in [4.78, 5) is 35.4. The Balaban J connectivity index is 2.55. The van der Waals surface area contributed by atoms with Gasteiger partial charge in [0.05, 0.1) is 14.2 Å². The molecule has 6 nitrogen and oxygen atoms in total. The zero-order chi connectivity index (χ0) is 19.1. The van der Waals surface area contributed by atoms with Crippen LogP contribution in [-0.2, 0) is 20.9 Å². The molecule has 1 aromatic carbocycles. The normalized spacial score (nSPS) is 16.6. The molecule has 0 atom stereocenters. The molecular weight excluding hydrogens is 332 g/mol. The van der Waals surface area contributed by atoms with Crippen molar-refractivity contribution in [2.24, 2.45) is 0 Å². The highest BCUT2D eigenvalue weighted by atomic mass is 16.7. The van der Waals surface area contributed by atoms with E-state index in [0.717, 1.165) is 58.9 Å². The molecule has 0 aliphatic carbocycles. The number of carbonyl (C=O) groups excluding carboxylic acids is 2. The van der Waals surface area contributed by atoms with Crippen LogP contribution in [0, 0.1) is 0 Å². The number of hydroxylamine groups is 4. The summed E-state index contributed by atoms with van der Waals surface area (Å²) in [6.07, 6.45) is 5.83. The standard InChI is InChI=1S/C20H28N2O4/c1-5-7-8-9-14-17(16-13-11-10-12-15(16)6-2)18-19(23)22(26-4)20(24)21(18)25-3/h10-13H,5-9,14H2,1-4H3. The van der Waals surface area contributed by atoms with Gasteiger partial charge in [0.25, 0.3) is 0 Å². The predicted molar refractivity (Wildman–Crippen MR) is 99.6 cm³/mol. The Morgan fingerprint density at radius 3 is 2.27 bits per heavy atom. The van der Waals surface area contributed by atoms with E-state index < -0.39 is 11.9 Å². The fourth-order valence-corrected chi connectivity index (χ4v) is 3.26. The summed E-state index contributed by atoms with van der Waals surface area (Å²) in [5.41, 5.74) is 3.20. The first kappa shape index (κ1) is 20.1. The van der Waals surface area contributed by atoms with Crippen molar-refractivity contribution in [2.75, 3.05) is 14.2 Å². The predicted octanol–water partition coefficient (Wildman–Crippen LogP) is 4.32. The molecule has 0 N–H and O–H groups in total. The number of rotatable bonds is 9. The molecular formula is C20H28N2O4. The maximum Gasteiger partial charge on any atom is 0.380 e. The number of nitrogens with zero attached hydrogens (tertiary/aromatic N) is 2. The smallest absolute Gasteiger partial charge is 0.268 e. The van der Waals surface area contributed by atoms with Crippen molar-refractivity contribution in [1.29, 1.82) is 0 Å². The molecule has 1 fully saturated rings. The molecule has 1 heterocycles. The Morgan fingerprint density at radius 1 is 0.962 bits per heavy atom. The van der Waals surface area contributed by atoms with Gasteiger partial charge in [-0.1, -0.05) is 57.4 Å². The van der Waals surface area contributed by atoms with Crippen LogP contribution in [-0.4, -0.2) is 36.3 Å². The van der Waals surface area contributed by atoms with Crippen LogP contribution in [0.4, 0.5) is 4.79 Å². The van der Waals surface area contributed by atoms with Crippen LogP contribution in [0.2, 0.25) is 0 Å². The zero-order valence-electron chi connectivity index (χ0n) is 16.1. The van der Waals surface area contributed by atoms with Crippen molar-refractivity contribution in [3.05, 3.63) is 41.1 Å². The Kier molecular flexibility index (Phi) is 7.36. The van der Waals surface area contributed by atoms with Gasteiger partial charge < -0.3 is 0 Å². The summed E-state index contributed by atoms with van der Waals surface area (Å²) in [5.74, 6) is -0.490. The van der Waals surface area contributed by atoms with Crippen LogP contribution in [0.3, 0.4) is 0 Å². The van der Waals surface area contributed by atoms with Gasteiger partial charge in [-0.25, -0.2) is 4.79 Å². The number of carbonyl (C=O) groups is 2. The molecule has 26 heavy (non-hydrogen) atoms. The summed E-state index contributed by atoms with van der Waals surface area (Å²) >= 11 is 0. The highest BCUT2D eigenvalue weighted by Gasteiger charge is 2.44. The van der Waals surface area contributed by atoms with Gasteiger partial charge in [-0.15, -0.1) is 5.06 Å². The maximum absolute atomic E-state index is 12.8. The number of allylic oxidation sites excluding steroid dienone is 1. The van der Waals surface area contributed by atoms with Gasteiger partial charge in [-0.3, -0.25) is 14.5 Å². The number of benzene rings is 1. The Morgan fingerprint density at radius 2 is 1.65 bits per heavy atom. The maximum atomic E-state index is 12.8. The van der Waals surface area contributed by atoms with Gasteiger partial charge >= 0.3 is 11.9 Å². The molecule has 0 unspecified atom stereocenters. The zero-order valence-corrected chi connectivity index (χ0v) is 16.1. The minimum absolute atomic E-state index is 0.247.